The summed E-state index contributed by atoms with van der Waals surface area (Å²) in [6.45, 7) is 0.122. The van der Waals surface area contributed by atoms with E-state index in [4.69, 9.17) is 17.3 Å². The van der Waals surface area contributed by atoms with Gasteiger partial charge in [-0.15, -0.1) is 0 Å². The molecule has 9 heteroatoms. The molecule has 1 aromatic carbocycles. The molecule has 3 aromatic rings. The molecule has 0 aliphatic rings. The molecule has 0 amide bonds. The molecule has 148 valence electrons. The van der Waals surface area contributed by atoms with Gasteiger partial charge in [0, 0.05) is 66.3 Å². The van der Waals surface area contributed by atoms with Crippen LogP contribution in [0.5, 0.6) is 0 Å². The molecular formula is C19H20ClFN4O2S. The van der Waals surface area contributed by atoms with E-state index in [1.54, 1.807) is 41.2 Å². The maximum absolute atomic E-state index is 14.1. The molecule has 0 unspecified atom stereocenters. The van der Waals surface area contributed by atoms with Gasteiger partial charge in [-0.05, 0) is 30.3 Å². The Morgan fingerprint density at radius 2 is 2.07 bits per heavy atom. The Balaban J connectivity index is 2.19. The molecule has 0 fully saturated rings. The third-order valence-corrected chi connectivity index (χ3v) is 6.32. The van der Waals surface area contributed by atoms with Crippen LogP contribution in [0.15, 0.2) is 59.7 Å². The number of nitrogens with zero attached hydrogens (tertiary/aromatic N) is 3. The van der Waals surface area contributed by atoms with Crippen LogP contribution in [0.3, 0.4) is 0 Å². The number of aromatic nitrogens is 2. The summed E-state index contributed by atoms with van der Waals surface area (Å²) in [5.41, 5.74) is 7.45. The first kappa shape index (κ1) is 20.5. The lowest BCUT2D eigenvalue weighted by Gasteiger charge is -2.11. The molecular weight excluding hydrogens is 403 g/mol. The monoisotopic (exact) mass is 422 g/mol. The minimum atomic E-state index is -3.63. The van der Waals surface area contributed by atoms with Gasteiger partial charge in [0.05, 0.1) is 6.54 Å². The number of rotatable bonds is 6. The SMILES string of the molecule is CN(C)S(=O)(=O)c1cncc(-c2cn(C/C(F)=C/CN)c3ccc(Cl)cc23)c1. The van der Waals surface area contributed by atoms with E-state index in [2.05, 4.69) is 4.98 Å². The van der Waals surface area contributed by atoms with Gasteiger partial charge in [0.15, 0.2) is 0 Å². The summed E-state index contributed by atoms with van der Waals surface area (Å²) in [5, 5.41) is 1.30. The summed E-state index contributed by atoms with van der Waals surface area (Å²) in [4.78, 5) is 4.16. The van der Waals surface area contributed by atoms with Crippen molar-refractivity contribution < 1.29 is 12.8 Å². The van der Waals surface area contributed by atoms with Crippen LogP contribution in [0.4, 0.5) is 4.39 Å². The van der Waals surface area contributed by atoms with Gasteiger partial charge in [0.25, 0.3) is 0 Å². The first-order chi connectivity index (χ1) is 13.2. The topological polar surface area (TPSA) is 81.2 Å². The Morgan fingerprint density at radius 1 is 1.32 bits per heavy atom. The standard InChI is InChI=1S/C19H20ClFN4O2S/c1-24(2)28(26,27)16-7-13(9-23-10-16)18-12-25(11-15(21)5-6-22)19-4-3-14(20)8-17(18)19/h3-5,7-10,12H,6,11,22H2,1-2H3/b15-5-. The van der Waals surface area contributed by atoms with Crippen LogP contribution in [0.25, 0.3) is 22.0 Å². The molecule has 0 aliphatic heterocycles. The van der Waals surface area contributed by atoms with E-state index in [0.717, 1.165) is 15.2 Å². The van der Waals surface area contributed by atoms with Crippen molar-refractivity contribution in [2.45, 2.75) is 11.4 Å². The fraction of sp³-hybridized carbons (Fsp3) is 0.211. The predicted molar refractivity (Wildman–Crippen MR) is 109 cm³/mol. The fourth-order valence-electron chi connectivity index (χ4n) is 2.90. The Bertz CT molecular complexity index is 1160. The zero-order valence-electron chi connectivity index (χ0n) is 15.4. The summed E-state index contributed by atoms with van der Waals surface area (Å²) in [7, 11) is -0.716. The summed E-state index contributed by atoms with van der Waals surface area (Å²) in [6, 6.07) is 6.83. The summed E-state index contributed by atoms with van der Waals surface area (Å²) >= 11 is 6.16. The second kappa shape index (κ2) is 8.00. The second-order valence-corrected chi connectivity index (χ2v) is 9.00. The smallest absolute Gasteiger partial charge is 0.244 e. The van der Waals surface area contributed by atoms with Crippen molar-refractivity contribution in [3.05, 3.63) is 59.8 Å². The number of halogens is 2. The van der Waals surface area contributed by atoms with Crippen LogP contribution < -0.4 is 5.73 Å². The van der Waals surface area contributed by atoms with Crippen molar-refractivity contribution in [2.24, 2.45) is 5.73 Å². The summed E-state index contributed by atoms with van der Waals surface area (Å²) < 4.78 is 41.8. The average Bonchev–Trinajstić information content (AvgIpc) is 2.99. The number of benzene rings is 1. The van der Waals surface area contributed by atoms with E-state index in [-0.39, 0.29) is 23.8 Å². The molecule has 0 saturated carbocycles. The van der Waals surface area contributed by atoms with Crippen molar-refractivity contribution in [3.8, 4) is 11.1 Å². The lowest BCUT2D eigenvalue weighted by atomic mass is 10.1. The van der Waals surface area contributed by atoms with Crippen molar-refractivity contribution >= 4 is 32.5 Å². The largest absolute Gasteiger partial charge is 0.340 e. The molecule has 6 nitrogen and oxygen atoms in total. The van der Waals surface area contributed by atoms with Crippen LogP contribution in [0, 0.1) is 0 Å². The highest BCUT2D eigenvalue weighted by Crippen LogP contribution is 2.33. The highest BCUT2D eigenvalue weighted by molar-refractivity contribution is 7.89. The molecule has 2 heterocycles. The van der Waals surface area contributed by atoms with Gasteiger partial charge in [0.2, 0.25) is 10.0 Å². The molecule has 3 rings (SSSR count). The van der Waals surface area contributed by atoms with E-state index < -0.39 is 10.0 Å². The number of sulfonamides is 1. The van der Waals surface area contributed by atoms with E-state index in [9.17, 15) is 12.8 Å². The van der Waals surface area contributed by atoms with Gasteiger partial charge < -0.3 is 10.3 Å². The Kier molecular flexibility index (Phi) is 5.85. The average molecular weight is 423 g/mol. The maximum atomic E-state index is 14.1. The van der Waals surface area contributed by atoms with Crippen LogP contribution in [-0.2, 0) is 16.6 Å². The minimum Gasteiger partial charge on any atom is -0.340 e. The third-order valence-electron chi connectivity index (χ3n) is 4.31. The Morgan fingerprint density at radius 3 is 2.75 bits per heavy atom. The fourth-order valence-corrected chi connectivity index (χ4v) is 3.97. The van der Waals surface area contributed by atoms with E-state index in [0.29, 0.717) is 16.1 Å². The molecule has 28 heavy (non-hydrogen) atoms. The van der Waals surface area contributed by atoms with Crippen molar-refractivity contribution in [2.75, 3.05) is 20.6 Å². The van der Waals surface area contributed by atoms with Crippen LogP contribution >= 0.6 is 11.6 Å². The van der Waals surface area contributed by atoms with Gasteiger partial charge in [-0.1, -0.05) is 11.6 Å². The third kappa shape index (κ3) is 3.95. The minimum absolute atomic E-state index is 0.0123. The number of hydrogen-bond acceptors (Lipinski definition) is 4. The van der Waals surface area contributed by atoms with Crippen LogP contribution in [-0.4, -0.2) is 42.9 Å². The van der Waals surface area contributed by atoms with Crippen molar-refractivity contribution in [3.63, 3.8) is 0 Å². The van der Waals surface area contributed by atoms with Gasteiger partial charge in [-0.3, -0.25) is 4.98 Å². The van der Waals surface area contributed by atoms with Crippen LogP contribution in [0.1, 0.15) is 0 Å². The zero-order valence-corrected chi connectivity index (χ0v) is 17.0. The number of nitrogens with two attached hydrogens (primary N) is 1. The van der Waals surface area contributed by atoms with E-state index in [1.165, 1.54) is 26.4 Å². The van der Waals surface area contributed by atoms with Gasteiger partial charge >= 0.3 is 0 Å². The van der Waals surface area contributed by atoms with Crippen molar-refractivity contribution in [1.82, 2.24) is 13.9 Å². The molecule has 0 atom stereocenters. The van der Waals surface area contributed by atoms with Crippen LogP contribution in [0.2, 0.25) is 5.02 Å². The molecule has 0 saturated heterocycles. The number of pyridine rings is 1. The van der Waals surface area contributed by atoms with E-state index >= 15 is 0 Å². The summed E-state index contributed by atoms with van der Waals surface area (Å²) in [6.07, 6.45) is 5.94. The first-order valence-electron chi connectivity index (χ1n) is 8.45. The quantitative estimate of drug-likeness (QED) is 0.660. The number of fused-ring (bicyclic) bond motifs is 1. The summed E-state index contributed by atoms with van der Waals surface area (Å²) in [5.74, 6) is -0.358. The molecule has 0 spiro atoms. The normalized spacial score (nSPS) is 12.9. The Labute approximate surface area is 168 Å². The Hall–Kier alpha value is -2.26. The predicted octanol–water partition coefficient (Wildman–Crippen LogP) is 3.42. The first-order valence-corrected chi connectivity index (χ1v) is 10.3. The molecule has 2 aromatic heterocycles. The maximum Gasteiger partial charge on any atom is 0.244 e. The molecule has 2 N–H and O–H groups in total. The highest BCUT2D eigenvalue weighted by atomic mass is 35.5. The highest BCUT2D eigenvalue weighted by Gasteiger charge is 2.20. The van der Waals surface area contributed by atoms with Crippen molar-refractivity contribution in [1.29, 1.82) is 0 Å². The van der Waals surface area contributed by atoms with E-state index in [1.807, 2.05) is 0 Å². The molecule has 0 aliphatic carbocycles. The lowest BCUT2D eigenvalue weighted by Crippen LogP contribution is -2.22. The van der Waals surface area contributed by atoms with Gasteiger partial charge in [-0.25, -0.2) is 17.1 Å². The molecule has 0 bridgehead atoms. The lowest BCUT2D eigenvalue weighted by molar-refractivity contribution is 0.520. The van der Waals surface area contributed by atoms with Gasteiger partial charge in [0.1, 0.15) is 10.7 Å². The number of allylic oxidation sites excluding steroid dienone is 1. The molecule has 0 radical (unpaired) electrons. The number of hydrogen-bond donors (Lipinski definition) is 1. The second-order valence-electron chi connectivity index (χ2n) is 6.42. The zero-order chi connectivity index (χ0) is 20.5. The van der Waals surface area contributed by atoms with Gasteiger partial charge in [-0.2, -0.15) is 0 Å².